The van der Waals surface area contributed by atoms with Gasteiger partial charge in [0.1, 0.15) is 0 Å². The second-order valence-corrected chi connectivity index (χ2v) is 6.46. The Morgan fingerprint density at radius 2 is 1.89 bits per heavy atom. The summed E-state index contributed by atoms with van der Waals surface area (Å²) in [6, 6.07) is 0.827. The van der Waals surface area contributed by atoms with Gasteiger partial charge >= 0.3 is 0 Å². The van der Waals surface area contributed by atoms with E-state index in [1.54, 1.807) is 0 Å². The fourth-order valence-electron chi connectivity index (χ4n) is 2.65. The fraction of sp³-hybridized carbons (Fsp3) is 1.00. The van der Waals surface area contributed by atoms with Crippen molar-refractivity contribution < 1.29 is 9.84 Å². The van der Waals surface area contributed by atoms with Crippen molar-refractivity contribution in [2.24, 2.45) is 5.92 Å². The maximum atomic E-state index is 9.92. The van der Waals surface area contributed by atoms with Gasteiger partial charge in [-0.2, -0.15) is 0 Å². The molecule has 0 aromatic heterocycles. The molecule has 4 nitrogen and oxygen atoms in total. The van der Waals surface area contributed by atoms with E-state index in [4.69, 9.17) is 4.74 Å². The first-order chi connectivity index (χ1) is 9.13. The second kappa shape index (κ2) is 7.58. The van der Waals surface area contributed by atoms with Gasteiger partial charge in [0.25, 0.3) is 0 Å². The molecule has 2 rings (SSSR count). The van der Waals surface area contributed by atoms with E-state index < -0.39 is 0 Å². The van der Waals surface area contributed by atoms with E-state index in [2.05, 4.69) is 10.2 Å². The third-order valence-corrected chi connectivity index (χ3v) is 4.07. The van der Waals surface area contributed by atoms with Crippen LogP contribution in [-0.2, 0) is 4.74 Å². The van der Waals surface area contributed by atoms with E-state index in [-0.39, 0.29) is 12.2 Å². The van der Waals surface area contributed by atoms with E-state index in [1.165, 1.54) is 32.2 Å². The number of ether oxygens (including phenoxy) is 1. The summed E-state index contributed by atoms with van der Waals surface area (Å²) in [4.78, 5) is 2.38. The molecule has 1 unspecified atom stereocenters. The highest BCUT2D eigenvalue weighted by Crippen LogP contribution is 2.21. The van der Waals surface area contributed by atoms with Crippen LogP contribution in [-0.4, -0.2) is 61.0 Å². The highest BCUT2D eigenvalue weighted by Gasteiger charge is 2.24. The number of aliphatic hydroxyl groups is 1. The molecule has 0 amide bonds. The fourth-order valence-corrected chi connectivity index (χ4v) is 2.65. The third-order valence-electron chi connectivity index (χ3n) is 4.07. The van der Waals surface area contributed by atoms with Gasteiger partial charge in [0.2, 0.25) is 0 Å². The lowest BCUT2D eigenvalue weighted by molar-refractivity contribution is -0.0123. The summed E-state index contributed by atoms with van der Waals surface area (Å²) in [6.07, 6.45) is 5.13. The summed E-state index contributed by atoms with van der Waals surface area (Å²) in [5.41, 5.74) is 0. The van der Waals surface area contributed by atoms with Gasteiger partial charge in [-0.25, -0.2) is 0 Å². The highest BCUT2D eigenvalue weighted by molar-refractivity contribution is 4.83. The molecule has 0 radical (unpaired) electrons. The molecule has 1 saturated carbocycles. The van der Waals surface area contributed by atoms with Crippen molar-refractivity contribution in [2.75, 3.05) is 32.8 Å². The predicted octanol–water partition coefficient (Wildman–Crippen LogP) is 1.24. The Hall–Kier alpha value is -0.160. The third kappa shape index (κ3) is 6.21. The van der Waals surface area contributed by atoms with Crippen molar-refractivity contribution in [3.8, 4) is 0 Å². The summed E-state index contributed by atoms with van der Waals surface area (Å²) < 4.78 is 5.45. The first kappa shape index (κ1) is 15.2. The van der Waals surface area contributed by atoms with E-state index in [9.17, 15) is 5.11 Å². The van der Waals surface area contributed by atoms with Crippen LogP contribution in [0.1, 0.15) is 39.5 Å². The first-order valence-electron chi connectivity index (χ1n) is 7.89. The summed E-state index contributed by atoms with van der Waals surface area (Å²) in [5.74, 6) is 0.834. The number of β-amino-alcohol motifs (C(OH)–C–C–N with tert-alkyl or cyclic N) is 1. The lowest BCUT2D eigenvalue weighted by atomic mass is 9.96. The molecule has 2 N–H and O–H groups in total. The molecular formula is C15H30N2O2. The number of hydrogen-bond donors (Lipinski definition) is 2. The summed E-state index contributed by atoms with van der Waals surface area (Å²) in [6.45, 7) is 8.66. The number of rotatable bonds is 8. The van der Waals surface area contributed by atoms with Crippen LogP contribution in [0, 0.1) is 5.92 Å². The van der Waals surface area contributed by atoms with Crippen LogP contribution in [0.2, 0.25) is 0 Å². The van der Waals surface area contributed by atoms with Crippen molar-refractivity contribution in [1.29, 1.82) is 0 Å². The predicted molar refractivity (Wildman–Crippen MR) is 77.3 cm³/mol. The van der Waals surface area contributed by atoms with E-state index >= 15 is 0 Å². The molecule has 0 spiro atoms. The lowest BCUT2D eigenvalue weighted by Crippen LogP contribution is -2.42. The molecule has 1 aliphatic heterocycles. The van der Waals surface area contributed by atoms with Gasteiger partial charge in [-0.05, 0) is 65.1 Å². The van der Waals surface area contributed by atoms with Crippen molar-refractivity contribution in [1.82, 2.24) is 10.2 Å². The largest absolute Gasteiger partial charge is 0.389 e. The molecule has 0 bridgehead atoms. The van der Waals surface area contributed by atoms with Crippen LogP contribution in [0.15, 0.2) is 0 Å². The number of aliphatic hydroxyl groups excluding tert-OH is 1. The molecule has 2 aliphatic rings. The number of piperidine rings is 1. The molecule has 1 heterocycles. The Balaban J connectivity index is 1.54. The van der Waals surface area contributed by atoms with Crippen molar-refractivity contribution in [3.05, 3.63) is 0 Å². The van der Waals surface area contributed by atoms with Crippen LogP contribution in [0.4, 0.5) is 0 Å². The monoisotopic (exact) mass is 270 g/mol. The Morgan fingerprint density at radius 1 is 1.21 bits per heavy atom. The lowest BCUT2D eigenvalue weighted by Gasteiger charge is -2.33. The molecule has 19 heavy (non-hydrogen) atoms. The van der Waals surface area contributed by atoms with Crippen molar-refractivity contribution >= 4 is 0 Å². The summed E-state index contributed by atoms with van der Waals surface area (Å²) >= 11 is 0. The number of nitrogens with zero attached hydrogens (tertiary/aromatic N) is 1. The van der Waals surface area contributed by atoms with Crippen LogP contribution < -0.4 is 5.32 Å². The first-order valence-corrected chi connectivity index (χ1v) is 7.89. The average molecular weight is 270 g/mol. The zero-order chi connectivity index (χ0) is 13.7. The van der Waals surface area contributed by atoms with Gasteiger partial charge in [-0.1, -0.05) is 0 Å². The maximum Gasteiger partial charge on any atom is 0.0900 e. The average Bonchev–Trinajstić information content (AvgIpc) is 3.20. The van der Waals surface area contributed by atoms with Crippen LogP contribution in [0.3, 0.4) is 0 Å². The SMILES string of the molecule is CC(C)OCC(O)CN1CCC(CNC2CC2)CC1. The quantitative estimate of drug-likeness (QED) is 0.696. The molecule has 0 aromatic rings. The Bertz CT molecular complexity index is 249. The van der Waals surface area contributed by atoms with Gasteiger partial charge in [0.05, 0.1) is 18.8 Å². The molecule has 0 aromatic carbocycles. The molecular weight excluding hydrogens is 240 g/mol. The number of hydrogen-bond acceptors (Lipinski definition) is 4. The van der Waals surface area contributed by atoms with Gasteiger partial charge in [-0.3, -0.25) is 0 Å². The van der Waals surface area contributed by atoms with Crippen molar-refractivity contribution in [3.63, 3.8) is 0 Å². The van der Waals surface area contributed by atoms with E-state index in [1.807, 2.05) is 13.8 Å². The summed E-state index contributed by atoms with van der Waals surface area (Å²) in [5, 5.41) is 13.5. The molecule has 1 saturated heterocycles. The smallest absolute Gasteiger partial charge is 0.0900 e. The minimum absolute atomic E-state index is 0.203. The molecule has 2 fully saturated rings. The molecule has 1 atom stereocenters. The summed E-state index contributed by atoms with van der Waals surface area (Å²) in [7, 11) is 0. The molecule has 4 heteroatoms. The standard InChI is InChI=1S/C15H30N2O2/c1-12(2)19-11-15(18)10-17-7-5-13(6-8-17)9-16-14-3-4-14/h12-16,18H,3-11H2,1-2H3. The minimum atomic E-state index is -0.344. The normalized spacial score (nSPS) is 24.0. The van der Waals surface area contributed by atoms with Crippen LogP contribution >= 0.6 is 0 Å². The number of nitrogens with one attached hydrogen (secondary N) is 1. The van der Waals surface area contributed by atoms with E-state index in [0.717, 1.165) is 31.6 Å². The van der Waals surface area contributed by atoms with Gasteiger partial charge in [0, 0.05) is 12.6 Å². The van der Waals surface area contributed by atoms with Gasteiger partial charge in [-0.15, -0.1) is 0 Å². The van der Waals surface area contributed by atoms with Gasteiger partial charge in [0.15, 0.2) is 0 Å². The Morgan fingerprint density at radius 3 is 2.47 bits per heavy atom. The van der Waals surface area contributed by atoms with Crippen LogP contribution in [0.5, 0.6) is 0 Å². The molecule has 1 aliphatic carbocycles. The zero-order valence-electron chi connectivity index (χ0n) is 12.5. The zero-order valence-corrected chi connectivity index (χ0v) is 12.5. The topological polar surface area (TPSA) is 44.7 Å². The number of likely N-dealkylation sites (tertiary alicyclic amines) is 1. The van der Waals surface area contributed by atoms with Crippen molar-refractivity contribution in [2.45, 2.75) is 57.8 Å². The van der Waals surface area contributed by atoms with E-state index in [0.29, 0.717) is 6.61 Å². The minimum Gasteiger partial charge on any atom is -0.389 e. The molecule has 112 valence electrons. The Kier molecular flexibility index (Phi) is 6.07. The van der Waals surface area contributed by atoms with Crippen LogP contribution in [0.25, 0.3) is 0 Å². The highest BCUT2D eigenvalue weighted by atomic mass is 16.5. The Labute approximate surface area is 117 Å². The maximum absolute atomic E-state index is 9.92. The van der Waals surface area contributed by atoms with Gasteiger partial charge < -0.3 is 20.1 Å². The second-order valence-electron chi connectivity index (χ2n) is 6.46.